The lowest BCUT2D eigenvalue weighted by atomic mass is 10.3. The van der Waals surface area contributed by atoms with Crippen molar-refractivity contribution < 1.29 is 9.21 Å². The van der Waals surface area contributed by atoms with E-state index in [1.165, 1.54) is 19.1 Å². The number of rotatable bonds is 7. The maximum atomic E-state index is 12.0. The summed E-state index contributed by atoms with van der Waals surface area (Å²) in [6, 6.07) is 3.34. The smallest absolute Gasteiger partial charge is 0.287 e. The van der Waals surface area contributed by atoms with Crippen molar-refractivity contribution in [2.24, 2.45) is 0 Å². The Balaban J connectivity index is 1.56. The maximum absolute atomic E-state index is 12.0. The van der Waals surface area contributed by atoms with Crippen molar-refractivity contribution in [1.82, 2.24) is 25.1 Å². The van der Waals surface area contributed by atoms with Gasteiger partial charge in [0.1, 0.15) is 5.82 Å². The minimum Gasteiger partial charge on any atom is -0.459 e. The van der Waals surface area contributed by atoms with Gasteiger partial charge in [0, 0.05) is 24.9 Å². The molecule has 0 saturated carbocycles. The summed E-state index contributed by atoms with van der Waals surface area (Å²) in [5.41, 5.74) is 0.812. The average molecular weight is 401 g/mol. The molecule has 1 fully saturated rings. The molecule has 9 heteroatoms. The first-order valence-electron chi connectivity index (χ1n) is 9.58. The quantitative estimate of drug-likeness (QED) is 0.482. The number of carbonyl (C=O) groups excluding carboxylic acids is 1. The molecule has 0 atom stereocenters. The average Bonchev–Trinajstić information content (AvgIpc) is 3.42. The Hall–Kier alpha value is -2.55. The number of carbonyl (C=O) groups is 1. The molecule has 1 saturated heterocycles. The zero-order chi connectivity index (χ0) is 19.5. The van der Waals surface area contributed by atoms with Crippen LogP contribution < -0.4 is 10.2 Å². The molecule has 1 N–H and O–H groups in total. The highest BCUT2D eigenvalue weighted by Gasteiger charge is 2.21. The lowest BCUT2D eigenvalue weighted by molar-refractivity contribution is 0.0924. The van der Waals surface area contributed by atoms with Crippen LogP contribution in [0.2, 0.25) is 0 Å². The highest BCUT2D eigenvalue weighted by Crippen LogP contribution is 2.30. The molecule has 1 aliphatic heterocycles. The van der Waals surface area contributed by atoms with Crippen LogP contribution in [0.3, 0.4) is 0 Å². The minimum atomic E-state index is -0.232. The van der Waals surface area contributed by atoms with Gasteiger partial charge in [-0.25, -0.2) is 14.6 Å². The molecule has 0 aromatic carbocycles. The van der Waals surface area contributed by atoms with Crippen molar-refractivity contribution >= 4 is 34.5 Å². The molecule has 8 nitrogen and oxygen atoms in total. The zero-order valence-corrected chi connectivity index (χ0v) is 16.9. The van der Waals surface area contributed by atoms with Gasteiger partial charge in [-0.15, -0.1) is 0 Å². The van der Waals surface area contributed by atoms with Crippen molar-refractivity contribution in [3.05, 3.63) is 30.4 Å². The fourth-order valence-electron chi connectivity index (χ4n) is 3.29. The van der Waals surface area contributed by atoms with Crippen LogP contribution >= 0.6 is 11.8 Å². The Morgan fingerprint density at radius 3 is 2.86 bits per heavy atom. The van der Waals surface area contributed by atoms with Gasteiger partial charge in [0.2, 0.25) is 0 Å². The fraction of sp³-hybridized carbons (Fsp3) is 0.474. The highest BCUT2D eigenvalue weighted by molar-refractivity contribution is 7.99. The first-order chi connectivity index (χ1) is 13.6. The number of hydrogen-bond donors (Lipinski definition) is 1. The Morgan fingerprint density at radius 1 is 1.32 bits per heavy atom. The van der Waals surface area contributed by atoms with E-state index >= 15 is 0 Å². The predicted molar refractivity (Wildman–Crippen MR) is 109 cm³/mol. The number of nitrogens with zero attached hydrogens (tertiary/aromatic N) is 5. The number of nitrogens with one attached hydrogen (secondary N) is 1. The number of anilines is 1. The number of amides is 1. The lowest BCUT2D eigenvalue weighted by Gasteiger charge is -2.18. The normalized spacial score (nSPS) is 14.3. The van der Waals surface area contributed by atoms with Crippen molar-refractivity contribution in [3.63, 3.8) is 0 Å². The van der Waals surface area contributed by atoms with Crippen LogP contribution in [0.5, 0.6) is 0 Å². The van der Waals surface area contributed by atoms with E-state index in [2.05, 4.69) is 29.2 Å². The Morgan fingerprint density at radius 2 is 2.14 bits per heavy atom. The standard InChI is InChI=1S/C19H24N6O2S/c1-13(2)28-19-22-16(24-8-3-4-9-24)14-12-21-25(17(14)23-19)10-7-20-18(26)15-6-5-11-27-15/h5-6,11-13H,3-4,7-10H2,1-2H3,(H,20,26). The Bertz CT molecular complexity index is 947. The summed E-state index contributed by atoms with van der Waals surface area (Å²) in [5, 5.41) is 9.49. The molecule has 1 amide bonds. The molecule has 1 aliphatic rings. The van der Waals surface area contributed by atoms with Gasteiger partial charge in [-0.1, -0.05) is 25.6 Å². The van der Waals surface area contributed by atoms with E-state index in [-0.39, 0.29) is 5.91 Å². The van der Waals surface area contributed by atoms with Crippen LogP contribution in [0.4, 0.5) is 5.82 Å². The number of thioether (sulfide) groups is 1. The second-order valence-electron chi connectivity index (χ2n) is 7.03. The summed E-state index contributed by atoms with van der Waals surface area (Å²) in [5.74, 6) is 1.04. The second-order valence-corrected chi connectivity index (χ2v) is 8.57. The lowest BCUT2D eigenvalue weighted by Crippen LogP contribution is -2.27. The van der Waals surface area contributed by atoms with E-state index < -0.39 is 0 Å². The highest BCUT2D eigenvalue weighted by atomic mass is 32.2. The molecule has 4 heterocycles. The van der Waals surface area contributed by atoms with E-state index in [1.807, 2.05) is 10.9 Å². The van der Waals surface area contributed by atoms with E-state index in [0.29, 0.717) is 24.1 Å². The van der Waals surface area contributed by atoms with Crippen LogP contribution in [-0.2, 0) is 6.54 Å². The van der Waals surface area contributed by atoms with Crippen molar-refractivity contribution in [2.45, 2.75) is 43.6 Å². The summed E-state index contributed by atoms with van der Waals surface area (Å²) in [6.07, 6.45) is 5.69. The molecular formula is C19H24N6O2S. The molecule has 0 aliphatic carbocycles. The molecule has 0 bridgehead atoms. The van der Waals surface area contributed by atoms with E-state index in [1.54, 1.807) is 23.9 Å². The number of fused-ring (bicyclic) bond motifs is 1. The summed E-state index contributed by atoms with van der Waals surface area (Å²) in [4.78, 5) is 23.9. The third-order valence-electron chi connectivity index (χ3n) is 4.56. The molecule has 148 valence electrons. The van der Waals surface area contributed by atoms with Crippen molar-refractivity contribution in [3.8, 4) is 0 Å². The van der Waals surface area contributed by atoms with Crippen LogP contribution in [-0.4, -0.2) is 50.5 Å². The van der Waals surface area contributed by atoms with Crippen LogP contribution in [0.25, 0.3) is 11.0 Å². The second kappa shape index (κ2) is 8.22. The summed E-state index contributed by atoms with van der Waals surface area (Å²) < 4.78 is 6.95. The Labute approximate surface area is 167 Å². The van der Waals surface area contributed by atoms with Crippen LogP contribution in [0, 0.1) is 0 Å². The monoisotopic (exact) mass is 400 g/mol. The summed E-state index contributed by atoms with van der Waals surface area (Å²) in [6.45, 7) is 7.26. The van der Waals surface area contributed by atoms with Gasteiger partial charge in [0.05, 0.1) is 24.4 Å². The molecule has 3 aromatic heterocycles. The van der Waals surface area contributed by atoms with Crippen molar-refractivity contribution in [2.75, 3.05) is 24.5 Å². The third kappa shape index (κ3) is 3.99. The predicted octanol–water partition coefficient (Wildman–Crippen LogP) is 2.95. The van der Waals surface area contributed by atoms with Gasteiger partial charge >= 0.3 is 0 Å². The molecular weight excluding hydrogens is 376 g/mol. The van der Waals surface area contributed by atoms with Gasteiger partial charge in [-0.3, -0.25) is 4.79 Å². The topological polar surface area (TPSA) is 89.1 Å². The summed E-state index contributed by atoms with van der Waals surface area (Å²) in [7, 11) is 0. The Kier molecular flexibility index (Phi) is 5.52. The molecule has 3 aromatic rings. The largest absolute Gasteiger partial charge is 0.459 e. The van der Waals surface area contributed by atoms with Gasteiger partial charge < -0.3 is 14.6 Å². The first-order valence-corrected chi connectivity index (χ1v) is 10.5. The summed E-state index contributed by atoms with van der Waals surface area (Å²) >= 11 is 1.65. The van der Waals surface area contributed by atoms with Crippen LogP contribution in [0.1, 0.15) is 37.2 Å². The van der Waals surface area contributed by atoms with Gasteiger partial charge in [-0.2, -0.15) is 5.10 Å². The third-order valence-corrected chi connectivity index (χ3v) is 5.42. The van der Waals surface area contributed by atoms with Gasteiger partial charge in [0.15, 0.2) is 16.6 Å². The van der Waals surface area contributed by atoms with E-state index in [4.69, 9.17) is 14.4 Å². The SMILES string of the molecule is CC(C)Sc1nc(N2CCCC2)c2cnn(CCNC(=O)c3ccco3)c2n1. The van der Waals surface area contributed by atoms with Crippen molar-refractivity contribution in [1.29, 1.82) is 0 Å². The fourth-order valence-corrected chi connectivity index (χ4v) is 3.99. The molecule has 0 spiro atoms. The first kappa shape index (κ1) is 18.8. The minimum absolute atomic E-state index is 0.232. The van der Waals surface area contributed by atoms with Gasteiger partial charge in [0.25, 0.3) is 5.91 Å². The zero-order valence-electron chi connectivity index (χ0n) is 16.1. The number of furan rings is 1. The maximum Gasteiger partial charge on any atom is 0.287 e. The molecule has 4 rings (SSSR count). The number of aromatic nitrogens is 4. The van der Waals surface area contributed by atoms with E-state index in [0.717, 1.165) is 35.1 Å². The van der Waals surface area contributed by atoms with Gasteiger partial charge in [-0.05, 0) is 25.0 Å². The molecule has 0 unspecified atom stereocenters. The van der Waals surface area contributed by atoms with E-state index in [9.17, 15) is 4.79 Å². The van der Waals surface area contributed by atoms with Crippen LogP contribution in [0.15, 0.2) is 34.2 Å². The molecule has 28 heavy (non-hydrogen) atoms. The molecule has 0 radical (unpaired) electrons. The number of hydrogen-bond acceptors (Lipinski definition) is 7.